The lowest BCUT2D eigenvalue weighted by Crippen LogP contribution is -2.01. The molecule has 2 heteroatoms. The first kappa shape index (κ1) is 16.6. The molecule has 23 heavy (non-hydrogen) atoms. The predicted octanol–water partition coefficient (Wildman–Crippen LogP) is 5.63. The Balaban J connectivity index is 2.28. The number of benzene rings is 2. The first-order valence-electron chi connectivity index (χ1n) is 7.81. The summed E-state index contributed by atoms with van der Waals surface area (Å²) in [5.74, 6) is 0. The van der Waals surface area contributed by atoms with Crippen LogP contribution >= 0.6 is 0 Å². The van der Waals surface area contributed by atoms with Crippen molar-refractivity contribution in [1.82, 2.24) is 0 Å². The van der Waals surface area contributed by atoms with Gasteiger partial charge in [0.05, 0.1) is 11.6 Å². The Labute approximate surface area is 138 Å². The van der Waals surface area contributed by atoms with Crippen molar-refractivity contribution in [3.63, 3.8) is 0 Å². The van der Waals surface area contributed by atoms with E-state index in [1.54, 1.807) is 0 Å². The first-order chi connectivity index (χ1) is 11.1. The molecule has 0 spiro atoms. The van der Waals surface area contributed by atoms with Crippen LogP contribution in [0.1, 0.15) is 42.5 Å². The Hall–Kier alpha value is -2.79. The zero-order chi connectivity index (χ0) is 16.8. The summed E-state index contributed by atoms with van der Waals surface area (Å²) in [6, 6.07) is 16.2. The van der Waals surface area contributed by atoms with Gasteiger partial charge in [0.25, 0.3) is 0 Å². The molecule has 0 heterocycles. The first-order valence-corrected chi connectivity index (χ1v) is 7.81. The Morgan fingerprint density at radius 1 is 1.13 bits per heavy atom. The largest absolute Gasteiger partial charge is 0.355 e. The fraction of sp³-hybridized carbons (Fsp3) is 0.190. The van der Waals surface area contributed by atoms with Crippen molar-refractivity contribution in [3.8, 4) is 6.07 Å². The minimum absolute atomic E-state index is 0.720. The second-order valence-corrected chi connectivity index (χ2v) is 5.66. The molecule has 0 bridgehead atoms. The fourth-order valence-electron chi connectivity index (χ4n) is 2.61. The van der Waals surface area contributed by atoms with Gasteiger partial charge in [-0.3, -0.25) is 0 Å². The molecule has 0 amide bonds. The molecule has 0 aliphatic heterocycles. The minimum atomic E-state index is 0.720. The third kappa shape index (κ3) is 3.90. The van der Waals surface area contributed by atoms with Crippen LogP contribution in [-0.4, -0.2) is 0 Å². The summed E-state index contributed by atoms with van der Waals surface area (Å²) >= 11 is 0. The van der Waals surface area contributed by atoms with Gasteiger partial charge in [-0.05, 0) is 36.6 Å². The van der Waals surface area contributed by atoms with Gasteiger partial charge in [0.1, 0.15) is 0 Å². The van der Waals surface area contributed by atoms with E-state index in [9.17, 15) is 5.26 Å². The lowest BCUT2D eigenvalue weighted by Gasteiger charge is -2.15. The number of hydrogen-bond acceptors (Lipinski definition) is 2. The second kappa shape index (κ2) is 7.47. The van der Waals surface area contributed by atoms with Crippen molar-refractivity contribution in [1.29, 1.82) is 5.26 Å². The summed E-state index contributed by atoms with van der Waals surface area (Å²) in [5.41, 5.74) is 6.59. The molecule has 2 aromatic carbocycles. The molecule has 0 saturated carbocycles. The van der Waals surface area contributed by atoms with E-state index in [2.05, 4.69) is 31.5 Å². The van der Waals surface area contributed by atoms with Crippen molar-refractivity contribution in [3.05, 3.63) is 77.9 Å². The Morgan fingerprint density at radius 2 is 1.83 bits per heavy atom. The molecule has 2 rings (SSSR count). The standard InChI is InChI=1S/C21H22N2/c1-5-8-17-11-12-19(13-18(17)14-22)23-16(4)21-10-7-6-9-20(21)15(2)3/h6-7,9-13,23H,2,4-5,8H2,1,3H3. The van der Waals surface area contributed by atoms with Gasteiger partial charge in [-0.2, -0.15) is 5.26 Å². The number of hydrogen-bond donors (Lipinski definition) is 1. The summed E-state index contributed by atoms with van der Waals surface area (Å²) in [7, 11) is 0. The molecule has 0 saturated heterocycles. The summed E-state index contributed by atoms with van der Waals surface area (Å²) in [4.78, 5) is 0. The molecule has 0 radical (unpaired) electrons. The van der Waals surface area contributed by atoms with E-state index < -0.39 is 0 Å². The van der Waals surface area contributed by atoms with Gasteiger partial charge >= 0.3 is 0 Å². The van der Waals surface area contributed by atoms with Gasteiger partial charge in [0, 0.05) is 16.9 Å². The highest BCUT2D eigenvalue weighted by Gasteiger charge is 2.08. The van der Waals surface area contributed by atoms with E-state index >= 15 is 0 Å². The smallest absolute Gasteiger partial charge is 0.0995 e. The second-order valence-electron chi connectivity index (χ2n) is 5.66. The molecule has 1 N–H and O–H groups in total. The molecule has 0 aliphatic rings. The number of rotatable bonds is 6. The number of nitrogens with zero attached hydrogens (tertiary/aromatic N) is 1. The van der Waals surface area contributed by atoms with Crippen LogP contribution in [0.2, 0.25) is 0 Å². The topological polar surface area (TPSA) is 35.8 Å². The van der Waals surface area contributed by atoms with E-state index in [-0.39, 0.29) is 0 Å². The highest BCUT2D eigenvalue weighted by atomic mass is 14.9. The van der Waals surface area contributed by atoms with Crippen LogP contribution in [0.4, 0.5) is 5.69 Å². The van der Waals surface area contributed by atoms with Crippen LogP contribution in [0.3, 0.4) is 0 Å². The van der Waals surface area contributed by atoms with Crippen LogP contribution in [0, 0.1) is 11.3 Å². The molecular weight excluding hydrogens is 280 g/mol. The molecule has 2 nitrogen and oxygen atoms in total. The molecule has 0 atom stereocenters. The van der Waals surface area contributed by atoms with Crippen LogP contribution in [-0.2, 0) is 6.42 Å². The highest BCUT2D eigenvalue weighted by molar-refractivity contribution is 5.83. The predicted molar refractivity (Wildman–Crippen MR) is 99.0 cm³/mol. The average molecular weight is 302 g/mol. The maximum Gasteiger partial charge on any atom is 0.0995 e. The van der Waals surface area contributed by atoms with E-state index in [0.717, 1.165) is 52.1 Å². The maximum absolute atomic E-state index is 9.33. The van der Waals surface area contributed by atoms with Crippen molar-refractivity contribution in [2.24, 2.45) is 0 Å². The minimum Gasteiger partial charge on any atom is -0.355 e. The fourth-order valence-corrected chi connectivity index (χ4v) is 2.61. The molecule has 0 aliphatic carbocycles. The Bertz CT molecular complexity index is 779. The molecule has 0 fully saturated rings. The van der Waals surface area contributed by atoms with Crippen LogP contribution in [0.15, 0.2) is 55.6 Å². The number of nitriles is 1. The number of nitrogens with one attached hydrogen (secondary N) is 1. The van der Waals surface area contributed by atoms with Gasteiger partial charge in [-0.1, -0.05) is 62.4 Å². The molecule has 2 aromatic rings. The van der Waals surface area contributed by atoms with Crippen LogP contribution in [0.25, 0.3) is 11.3 Å². The lowest BCUT2D eigenvalue weighted by atomic mass is 9.99. The van der Waals surface area contributed by atoms with E-state index in [4.69, 9.17) is 0 Å². The quantitative estimate of drug-likeness (QED) is 0.751. The van der Waals surface area contributed by atoms with Gasteiger partial charge in [-0.15, -0.1) is 0 Å². The lowest BCUT2D eigenvalue weighted by molar-refractivity contribution is 0.918. The zero-order valence-electron chi connectivity index (χ0n) is 13.8. The van der Waals surface area contributed by atoms with Crippen molar-refractivity contribution in [2.45, 2.75) is 26.7 Å². The van der Waals surface area contributed by atoms with Gasteiger partial charge in [0.15, 0.2) is 0 Å². The normalized spacial score (nSPS) is 9.96. The Kier molecular flexibility index (Phi) is 5.38. The third-order valence-corrected chi connectivity index (χ3v) is 3.76. The monoisotopic (exact) mass is 302 g/mol. The molecule has 0 unspecified atom stereocenters. The number of anilines is 1. The highest BCUT2D eigenvalue weighted by Crippen LogP contribution is 2.26. The number of allylic oxidation sites excluding steroid dienone is 1. The van der Waals surface area contributed by atoms with E-state index in [1.165, 1.54) is 0 Å². The summed E-state index contributed by atoms with van der Waals surface area (Å²) in [6.45, 7) is 12.3. The van der Waals surface area contributed by atoms with Crippen LogP contribution in [0.5, 0.6) is 0 Å². The van der Waals surface area contributed by atoms with E-state index in [1.807, 2.05) is 49.4 Å². The SMILES string of the molecule is C=C(C)c1ccccc1C(=C)Nc1ccc(CCC)c(C#N)c1. The summed E-state index contributed by atoms with van der Waals surface area (Å²) in [5, 5.41) is 12.6. The molecule has 116 valence electrons. The maximum atomic E-state index is 9.33. The van der Waals surface area contributed by atoms with Gasteiger partial charge in [0.2, 0.25) is 0 Å². The summed E-state index contributed by atoms with van der Waals surface area (Å²) in [6.07, 6.45) is 1.95. The van der Waals surface area contributed by atoms with Gasteiger partial charge < -0.3 is 5.32 Å². The van der Waals surface area contributed by atoms with Crippen molar-refractivity contribution >= 4 is 17.0 Å². The summed E-state index contributed by atoms with van der Waals surface area (Å²) < 4.78 is 0. The number of aryl methyl sites for hydroxylation is 1. The van der Waals surface area contributed by atoms with Crippen molar-refractivity contribution < 1.29 is 0 Å². The molecule has 0 aromatic heterocycles. The van der Waals surface area contributed by atoms with Gasteiger partial charge in [-0.25, -0.2) is 0 Å². The molecular formula is C21H22N2. The zero-order valence-corrected chi connectivity index (χ0v) is 13.8. The van der Waals surface area contributed by atoms with Crippen LogP contribution < -0.4 is 5.32 Å². The third-order valence-electron chi connectivity index (χ3n) is 3.76. The average Bonchev–Trinajstić information content (AvgIpc) is 2.56. The Morgan fingerprint density at radius 3 is 2.43 bits per heavy atom. The van der Waals surface area contributed by atoms with Crippen molar-refractivity contribution in [2.75, 3.05) is 5.32 Å². The van der Waals surface area contributed by atoms with E-state index in [0.29, 0.717) is 0 Å².